The normalized spacial score (nSPS) is 11.5. The highest BCUT2D eigenvalue weighted by atomic mass is 32.2. The topological polar surface area (TPSA) is 107 Å². The second-order valence-corrected chi connectivity index (χ2v) is 5.12. The first-order valence-corrected chi connectivity index (χ1v) is 5.91. The van der Waals surface area contributed by atoms with Crippen LogP contribution in [-0.4, -0.2) is 22.4 Å². The molecule has 1 heterocycles. The number of aromatic nitrogens is 1. The molecule has 7 heteroatoms. The number of hydrazine groups is 1. The van der Waals surface area contributed by atoms with E-state index in [4.69, 9.17) is 16.1 Å². The molecule has 0 aliphatic heterocycles. The van der Waals surface area contributed by atoms with E-state index in [1.54, 1.807) is 17.8 Å². The lowest BCUT2D eigenvalue weighted by molar-refractivity contribution is 0.0944. The largest absolute Gasteiger partial charge is 0.360 e. The number of nitrogen functional groups attached to an aromatic ring is 1. The summed E-state index contributed by atoms with van der Waals surface area (Å²) >= 11 is 1.62. The van der Waals surface area contributed by atoms with E-state index in [9.17, 15) is 4.79 Å². The minimum Gasteiger partial charge on any atom is -0.360 e. The highest BCUT2D eigenvalue weighted by Crippen LogP contribution is 2.16. The van der Waals surface area contributed by atoms with Crippen molar-refractivity contribution in [1.82, 2.24) is 10.6 Å². The van der Waals surface area contributed by atoms with Crippen LogP contribution in [0.25, 0.3) is 0 Å². The van der Waals surface area contributed by atoms with Crippen molar-refractivity contribution in [2.75, 3.05) is 5.75 Å². The van der Waals surface area contributed by atoms with Crippen LogP contribution in [0.2, 0.25) is 0 Å². The molecule has 1 aromatic rings. The molecule has 0 aliphatic rings. The summed E-state index contributed by atoms with van der Waals surface area (Å²) in [6.45, 7) is 3.90. The Bertz CT molecular complexity index is 359. The van der Waals surface area contributed by atoms with Crippen LogP contribution in [-0.2, 0) is 5.75 Å². The van der Waals surface area contributed by atoms with Crippen LogP contribution in [0.15, 0.2) is 10.6 Å². The highest BCUT2D eigenvalue weighted by Gasteiger charge is 2.13. The van der Waals surface area contributed by atoms with Gasteiger partial charge in [0.25, 0.3) is 5.91 Å². The van der Waals surface area contributed by atoms with Crippen molar-refractivity contribution >= 4 is 17.7 Å². The number of amides is 1. The molecule has 0 atom stereocenters. The van der Waals surface area contributed by atoms with Crippen LogP contribution in [0.4, 0.5) is 0 Å². The minimum absolute atomic E-state index is 0.185. The van der Waals surface area contributed by atoms with Gasteiger partial charge in [-0.2, -0.15) is 11.8 Å². The molecule has 0 unspecified atom stereocenters. The molecule has 6 nitrogen and oxygen atoms in total. The summed E-state index contributed by atoms with van der Waals surface area (Å²) in [6.07, 6.45) is 0. The maximum atomic E-state index is 11.1. The molecule has 1 aromatic heterocycles. The van der Waals surface area contributed by atoms with Gasteiger partial charge in [-0.1, -0.05) is 5.16 Å². The molecular formula is C9H16N4O2S. The molecule has 0 radical (unpaired) electrons. The predicted molar refractivity (Wildman–Crippen MR) is 62.6 cm³/mol. The Kier molecular flexibility index (Phi) is 4.34. The Morgan fingerprint density at radius 3 is 2.94 bits per heavy atom. The van der Waals surface area contributed by atoms with Crippen LogP contribution >= 0.6 is 11.8 Å². The third-order valence-electron chi connectivity index (χ3n) is 1.64. The Labute approximate surface area is 98.1 Å². The van der Waals surface area contributed by atoms with E-state index in [-0.39, 0.29) is 11.2 Å². The Morgan fingerprint density at radius 2 is 2.38 bits per heavy atom. The molecule has 0 saturated heterocycles. The van der Waals surface area contributed by atoms with Crippen molar-refractivity contribution < 1.29 is 9.32 Å². The molecule has 0 aromatic carbocycles. The minimum atomic E-state index is -0.459. The van der Waals surface area contributed by atoms with Gasteiger partial charge in [0.1, 0.15) is 5.76 Å². The van der Waals surface area contributed by atoms with Crippen molar-refractivity contribution in [1.29, 1.82) is 0 Å². The molecule has 1 rings (SSSR count). The quantitative estimate of drug-likeness (QED) is 0.389. The summed E-state index contributed by atoms with van der Waals surface area (Å²) in [5.74, 6) is 6.57. The average molecular weight is 244 g/mol. The zero-order valence-corrected chi connectivity index (χ0v) is 10.1. The summed E-state index contributed by atoms with van der Waals surface area (Å²) in [6, 6.07) is 1.57. The van der Waals surface area contributed by atoms with Crippen molar-refractivity contribution in [3.8, 4) is 0 Å². The molecule has 0 fully saturated rings. The molecule has 0 saturated carbocycles. The van der Waals surface area contributed by atoms with Crippen LogP contribution in [0, 0.1) is 0 Å². The fraction of sp³-hybridized carbons (Fsp3) is 0.556. The maximum absolute atomic E-state index is 11.1. The third kappa shape index (κ3) is 4.21. The number of carbonyl (C=O) groups is 1. The number of hydrogen-bond donors (Lipinski definition) is 3. The monoisotopic (exact) mass is 244 g/mol. The molecule has 0 bridgehead atoms. The van der Waals surface area contributed by atoms with Crippen molar-refractivity contribution in [2.24, 2.45) is 11.6 Å². The Morgan fingerprint density at radius 1 is 1.69 bits per heavy atom. The number of nitrogens with two attached hydrogens (primary N) is 2. The number of nitrogens with zero attached hydrogens (tertiary/aromatic N) is 1. The van der Waals surface area contributed by atoms with E-state index in [0.717, 1.165) is 5.75 Å². The molecule has 90 valence electrons. The second kappa shape index (κ2) is 5.33. The van der Waals surface area contributed by atoms with Gasteiger partial charge in [0.05, 0.1) is 5.75 Å². The Hall–Kier alpha value is -1.05. The third-order valence-corrected chi connectivity index (χ3v) is 3.08. The van der Waals surface area contributed by atoms with Gasteiger partial charge in [-0.25, -0.2) is 5.84 Å². The van der Waals surface area contributed by atoms with E-state index in [1.807, 2.05) is 19.3 Å². The molecule has 5 N–H and O–H groups in total. The molecular weight excluding hydrogens is 228 g/mol. The number of thioether (sulfide) groups is 1. The molecule has 16 heavy (non-hydrogen) atoms. The number of rotatable bonds is 5. The second-order valence-electron chi connectivity index (χ2n) is 4.13. The van der Waals surface area contributed by atoms with Gasteiger partial charge < -0.3 is 10.3 Å². The standard InChI is InChI=1S/C9H16N4O2S/c1-9(2,10)5-16-4-6-3-7(13-15-6)8(14)12-11/h3H,4-5,10-11H2,1-2H3,(H,12,14). The van der Waals surface area contributed by atoms with Gasteiger partial charge in [0.15, 0.2) is 5.69 Å². The molecule has 1 amide bonds. The molecule has 0 aliphatic carbocycles. The fourth-order valence-electron chi connectivity index (χ4n) is 0.977. The van der Waals surface area contributed by atoms with Crippen molar-refractivity contribution in [3.63, 3.8) is 0 Å². The fourth-order valence-corrected chi connectivity index (χ4v) is 1.94. The van der Waals surface area contributed by atoms with Gasteiger partial charge in [-0.05, 0) is 13.8 Å². The smallest absolute Gasteiger partial charge is 0.287 e. The van der Waals surface area contributed by atoms with Crippen molar-refractivity contribution in [3.05, 3.63) is 17.5 Å². The number of carbonyl (C=O) groups excluding carboxylic acids is 1. The summed E-state index contributed by atoms with van der Waals surface area (Å²) < 4.78 is 4.97. The Balaban J connectivity index is 2.44. The number of hydrogen-bond acceptors (Lipinski definition) is 6. The first-order valence-electron chi connectivity index (χ1n) is 4.75. The van der Waals surface area contributed by atoms with E-state index >= 15 is 0 Å². The summed E-state index contributed by atoms with van der Waals surface area (Å²) in [5.41, 5.74) is 7.78. The average Bonchev–Trinajstić information content (AvgIpc) is 2.63. The predicted octanol–water partition coefficient (Wildman–Crippen LogP) is 0.249. The van der Waals surface area contributed by atoms with Crippen LogP contribution in [0.5, 0.6) is 0 Å². The lowest BCUT2D eigenvalue weighted by Crippen LogP contribution is -2.34. The van der Waals surface area contributed by atoms with E-state index in [0.29, 0.717) is 11.5 Å². The SMILES string of the molecule is CC(C)(N)CSCc1cc(C(=O)NN)no1. The van der Waals surface area contributed by atoms with Gasteiger partial charge in [-0.15, -0.1) is 0 Å². The van der Waals surface area contributed by atoms with Gasteiger partial charge in [0, 0.05) is 17.4 Å². The van der Waals surface area contributed by atoms with Crippen LogP contribution in [0.3, 0.4) is 0 Å². The van der Waals surface area contributed by atoms with Gasteiger partial charge >= 0.3 is 0 Å². The zero-order chi connectivity index (χ0) is 12.2. The van der Waals surface area contributed by atoms with E-state index in [2.05, 4.69) is 5.16 Å². The van der Waals surface area contributed by atoms with Gasteiger partial charge in [0.2, 0.25) is 0 Å². The van der Waals surface area contributed by atoms with Crippen LogP contribution < -0.4 is 17.0 Å². The lowest BCUT2D eigenvalue weighted by Gasteiger charge is -2.16. The number of nitrogens with one attached hydrogen (secondary N) is 1. The zero-order valence-electron chi connectivity index (χ0n) is 9.32. The first kappa shape index (κ1) is 13.0. The maximum Gasteiger partial charge on any atom is 0.287 e. The first-order chi connectivity index (χ1) is 7.42. The van der Waals surface area contributed by atoms with Gasteiger partial charge in [-0.3, -0.25) is 10.2 Å². The highest BCUT2D eigenvalue weighted by molar-refractivity contribution is 7.98. The van der Waals surface area contributed by atoms with E-state index in [1.165, 1.54) is 0 Å². The molecule has 0 spiro atoms. The lowest BCUT2D eigenvalue weighted by atomic mass is 10.1. The van der Waals surface area contributed by atoms with Crippen molar-refractivity contribution in [2.45, 2.75) is 25.1 Å². The van der Waals surface area contributed by atoms with E-state index < -0.39 is 5.91 Å². The summed E-state index contributed by atoms with van der Waals surface area (Å²) in [5, 5.41) is 3.59. The summed E-state index contributed by atoms with van der Waals surface area (Å²) in [4.78, 5) is 11.1. The summed E-state index contributed by atoms with van der Waals surface area (Å²) in [7, 11) is 0. The van der Waals surface area contributed by atoms with Crippen LogP contribution in [0.1, 0.15) is 30.1 Å².